The monoisotopic (exact) mass is 417 g/mol. The molecule has 5 rings (SSSR count). The predicted octanol–water partition coefficient (Wildman–Crippen LogP) is 3.33. The Bertz CT molecular complexity index is 1480. The minimum atomic E-state index is -0.332. The molecule has 0 unspecified atom stereocenters. The Morgan fingerprint density at radius 2 is 1.71 bits per heavy atom. The Morgan fingerprint density at radius 1 is 1.00 bits per heavy atom. The number of anilines is 2. The Kier molecular flexibility index (Phi) is 4.32. The van der Waals surface area contributed by atoms with E-state index in [4.69, 9.17) is 5.10 Å². The number of fused-ring (bicyclic) bond motifs is 3. The molecule has 1 N–H and O–H groups in total. The van der Waals surface area contributed by atoms with Gasteiger partial charge >= 0.3 is 0 Å². The summed E-state index contributed by atoms with van der Waals surface area (Å²) in [6, 6.07) is 14.1. The molecule has 2 aromatic carbocycles. The number of halogens is 1. The van der Waals surface area contributed by atoms with Gasteiger partial charge in [0.25, 0.3) is 5.56 Å². The van der Waals surface area contributed by atoms with E-state index in [2.05, 4.69) is 15.5 Å². The SMILES string of the molecule is Cc1ccc(Cn2nc3c(c2Nc2ccc(F)cc2)c(=O)n(C)c2nnc(C)n32)cc1. The highest BCUT2D eigenvalue weighted by atomic mass is 19.1. The molecule has 156 valence electrons. The van der Waals surface area contributed by atoms with Gasteiger partial charge < -0.3 is 5.32 Å². The van der Waals surface area contributed by atoms with Crippen LogP contribution in [0.3, 0.4) is 0 Å². The number of benzene rings is 2. The molecule has 3 aromatic heterocycles. The van der Waals surface area contributed by atoms with Crippen molar-refractivity contribution < 1.29 is 4.39 Å². The van der Waals surface area contributed by atoms with Crippen molar-refractivity contribution in [3.8, 4) is 0 Å². The van der Waals surface area contributed by atoms with Crippen LogP contribution >= 0.6 is 0 Å². The molecule has 0 amide bonds. The largest absolute Gasteiger partial charge is 0.340 e. The van der Waals surface area contributed by atoms with E-state index in [1.54, 1.807) is 28.3 Å². The second kappa shape index (κ2) is 7.05. The summed E-state index contributed by atoms with van der Waals surface area (Å²) < 4.78 is 18.4. The van der Waals surface area contributed by atoms with Gasteiger partial charge in [0, 0.05) is 12.7 Å². The third-order valence-corrected chi connectivity index (χ3v) is 5.33. The average molecular weight is 417 g/mol. The van der Waals surface area contributed by atoms with Crippen molar-refractivity contribution in [1.82, 2.24) is 28.9 Å². The van der Waals surface area contributed by atoms with E-state index in [1.807, 2.05) is 38.1 Å². The van der Waals surface area contributed by atoms with Crippen molar-refractivity contribution in [1.29, 1.82) is 0 Å². The van der Waals surface area contributed by atoms with Gasteiger partial charge in [-0.25, -0.2) is 13.5 Å². The van der Waals surface area contributed by atoms with Crippen LogP contribution in [0.1, 0.15) is 17.0 Å². The van der Waals surface area contributed by atoms with Crippen LogP contribution in [0.5, 0.6) is 0 Å². The molecule has 0 atom stereocenters. The fourth-order valence-corrected chi connectivity index (χ4v) is 3.66. The van der Waals surface area contributed by atoms with Gasteiger partial charge in [0.15, 0.2) is 5.65 Å². The number of aryl methyl sites for hydroxylation is 3. The van der Waals surface area contributed by atoms with Gasteiger partial charge in [-0.2, -0.15) is 5.10 Å². The van der Waals surface area contributed by atoms with Crippen molar-refractivity contribution in [2.45, 2.75) is 20.4 Å². The second-order valence-electron chi connectivity index (χ2n) is 7.57. The molecule has 31 heavy (non-hydrogen) atoms. The quantitative estimate of drug-likeness (QED) is 0.485. The maximum absolute atomic E-state index is 13.4. The first-order valence-electron chi connectivity index (χ1n) is 9.82. The number of nitrogens with one attached hydrogen (secondary N) is 1. The Morgan fingerprint density at radius 3 is 2.42 bits per heavy atom. The van der Waals surface area contributed by atoms with Crippen LogP contribution in [0.4, 0.5) is 15.9 Å². The highest BCUT2D eigenvalue weighted by Crippen LogP contribution is 2.26. The first kappa shape index (κ1) is 19.0. The molecule has 0 bridgehead atoms. The van der Waals surface area contributed by atoms with E-state index in [9.17, 15) is 9.18 Å². The zero-order chi connectivity index (χ0) is 21.7. The van der Waals surface area contributed by atoms with Crippen LogP contribution in [0, 0.1) is 19.7 Å². The standard InChI is InChI=1S/C22H20FN7O/c1-13-4-6-15(7-5-13)12-29-19(24-17-10-8-16(23)9-11-17)18-20(27-29)30-14(2)25-26-22(30)28(3)21(18)31/h4-11,24H,12H2,1-3H3. The molecule has 0 radical (unpaired) electrons. The number of hydrogen-bond donors (Lipinski definition) is 1. The van der Waals surface area contributed by atoms with E-state index in [1.165, 1.54) is 16.7 Å². The molecule has 8 nitrogen and oxygen atoms in total. The fourth-order valence-electron chi connectivity index (χ4n) is 3.66. The lowest BCUT2D eigenvalue weighted by Gasteiger charge is -2.11. The lowest BCUT2D eigenvalue weighted by atomic mass is 10.1. The van der Waals surface area contributed by atoms with Crippen LogP contribution in [0.2, 0.25) is 0 Å². The summed E-state index contributed by atoms with van der Waals surface area (Å²) in [6.07, 6.45) is 0. The molecule has 0 spiro atoms. The van der Waals surface area contributed by atoms with Gasteiger partial charge in [-0.1, -0.05) is 29.8 Å². The topological polar surface area (TPSA) is 82.0 Å². The molecular formula is C22H20FN7O. The molecular weight excluding hydrogens is 397 g/mol. The van der Waals surface area contributed by atoms with Crippen molar-refractivity contribution in [2.75, 3.05) is 5.32 Å². The summed E-state index contributed by atoms with van der Waals surface area (Å²) in [5.41, 5.74) is 3.08. The fraction of sp³-hybridized carbons (Fsp3) is 0.182. The number of hydrogen-bond acceptors (Lipinski definition) is 5. The lowest BCUT2D eigenvalue weighted by Crippen LogP contribution is -2.20. The molecule has 0 saturated carbocycles. The number of rotatable bonds is 4. The summed E-state index contributed by atoms with van der Waals surface area (Å²) in [5.74, 6) is 1.24. The van der Waals surface area contributed by atoms with Crippen LogP contribution < -0.4 is 10.9 Å². The Labute approximate surface area is 176 Å². The van der Waals surface area contributed by atoms with E-state index in [0.717, 1.165) is 11.1 Å². The first-order chi connectivity index (χ1) is 14.9. The third kappa shape index (κ3) is 3.14. The summed E-state index contributed by atoms with van der Waals surface area (Å²) in [4.78, 5) is 13.3. The molecule has 0 aliphatic heterocycles. The molecule has 0 aliphatic carbocycles. The summed E-state index contributed by atoms with van der Waals surface area (Å²) in [7, 11) is 1.66. The summed E-state index contributed by atoms with van der Waals surface area (Å²) >= 11 is 0. The highest BCUT2D eigenvalue weighted by Gasteiger charge is 2.22. The van der Waals surface area contributed by atoms with Crippen LogP contribution in [-0.4, -0.2) is 28.9 Å². The molecule has 9 heteroatoms. The average Bonchev–Trinajstić information content (AvgIpc) is 3.30. The predicted molar refractivity (Wildman–Crippen MR) is 116 cm³/mol. The van der Waals surface area contributed by atoms with Crippen LogP contribution in [0.25, 0.3) is 16.8 Å². The smallest absolute Gasteiger partial charge is 0.268 e. The van der Waals surface area contributed by atoms with E-state index < -0.39 is 0 Å². The summed E-state index contributed by atoms with van der Waals surface area (Å²) in [5, 5.41) is 16.7. The number of nitrogens with zero attached hydrogens (tertiary/aromatic N) is 6. The van der Waals surface area contributed by atoms with Crippen LogP contribution in [-0.2, 0) is 13.6 Å². The van der Waals surface area contributed by atoms with Crippen molar-refractivity contribution >= 4 is 28.3 Å². The van der Waals surface area contributed by atoms with Gasteiger partial charge in [-0.15, -0.1) is 10.2 Å². The Balaban J connectivity index is 1.77. The highest BCUT2D eigenvalue weighted by molar-refractivity contribution is 5.90. The second-order valence-corrected chi connectivity index (χ2v) is 7.57. The van der Waals surface area contributed by atoms with Gasteiger partial charge in [0.1, 0.15) is 22.8 Å². The minimum Gasteiger partial charge on any atom is -0.340 e. The molecule has 3 heterocycles. The van der Waals surface area contributed by atoms with Crippen LogP contribution in [0.15, 0.2) is 53.3 Å². The van der Waals surface area contributed by atoms with E-state index in [-0.39, 0.29) is 11.4 Å². The zero-order valence-corrected chi connectivity index (χ0v) is 17.3. The number of aromatic nitrogens is 6. The molecule has 5 aromatic rings. The third-order valence-electron chi connectivity index (χ3n) is 5.33. The van der Waals surface area contributed by atoms with Gasteiger partial charge in [0.05, 0.1) is 6.54 Å². The summed E-state index contributed by atoms with van der Waals surface area (Å²) in [6.45, 7) is 4.29. The molecule has 0 aliphatic rings. The maximum atomic E-state index is 13.4. The van der Waals surface area contributed by atoms with Gasteiger partial charge in [-0.3, -0.25) is 9.36 Å². The van der Waals surface area contributed by atoms with Gasteiger partial charge in [0.2, 0.25) is 5.78 Å². The first-order valence-corrected chi connectivity index (χ1v) is 9.82. The van der Waals surface area contributed by atoms with Crippen molar-refractivity contribution in [2.24, 2.45) is 7.05 Å². The normalized spacial score (nSPS) is 11.5. The van der Waals surface area contributed by atoms with E-state index >= 15 is 0 Å². The minimum absolute atomic E-state index is 0.241. The van der Waals surface area contributed by atoms with E-state index in [0.29, 0.717) is 40.7 Å². The van der Waals surface area contributed by atoms with Crippen molar-refractivity contribution in [3.63, 3.8) is 0 Å². The molecule has 0 saturated heterocycles. The Hall–Kier alpha value is -4.01. The molecule has 0 fully saturated rings. The zero-order valence-electron chi connectivity index (χ0n) is 17.3. The van der Waals surface area contributed by atoms with Gasteiger partial charge in [-0.05, 0) is 43.7 Å². The maximum Gasteiger partial charge on any atom is 0.268 e. The van der Waals surface area contributed by atoms with Crippen molar-refractivity contribution in [3.05, 3.63) is 81.7 Å². The lowest BCUT2D eigenvalue weighted by molar-refractivity contribution is 0.628.